The molecule has 1 amide bonds. The van der Waals surface area contributed by atoms with E-state index in [1.54, 1.807) is 0 Å². The molecule has 0 spiro atoms. The van der Waals surface area contributed by atoms with E-state index in [1.165, 1.54) is 22.7 Å². The monoisotopic (exact) mass is 302 g/mol. The lowest BCUT2D eigenvalue weighted by atomic mass is 10.1. The van der Waals surface area contributed by atoms with Crippen LogP contribution in [0.4, 0.5) is 0 Å². The summed E-state index contributed by atoms with van der Waals surface area (Å²) in [6.45, 7) is 4.46. The van der Waals surface area contributed by atoms with Crippen LogP contribution < -0.4 is 10.6 Å². The van der Waals surface area contributed by atoms with Gasteiger partial charge < -0.3 is 10.6 Å². The van der Waals surface area contributed by atoms with Crippen LogP contribution in [0.2, 0.25) is 0 Å². The Morgan fingerprint density at radius 1 is 1.38 bits per heavy atom. The van der Waals surface area contributed by atoms with E-state index >= 15 is 0 Å². The van der Waals surface area contributed by atoms with Crippen LogP contribution in [0.5, 0.6) is 0 Å². The molecule has 2 N–H and O–H groups in total. The van der Waals surface area contributed by atoms with Gasteiger partial charge in [0.25, 0.3) is 5.91 Å². The second-order valence-corrected chi connectivity index (χ2v) is 5.94. The lowest BCUT2D eigenvalue weighted by Crippen LogP contribution is -2.23. The van der Waals surface area contributed by atoms with Gasteiger partial charge in [-0.15, -0.1) is 5.10 Å². The van der Waals surface area contributed by atoms with Gasteiger partial charge in [-0.05, 0) is 34.6 Å². The van der Waals surface area contributed by atoms with Crippen molar-refractivity contribution in [2.75, 3.05) is 0 Å². The van der Waals surface area contributed by atoms with Crippen molar-refractivity contribution in [3.05, 3.63) is 45.5 Å². The van der Waals surface area contributed by atoms with E-state index in [9.17, 15) is 4.79 Å². The van der Waals surface area contributed by atoms with Gasteiger partial charge in [0.15, 0.2) is 0 Å². The zero-order chi connectivity index (χ0) is 14.7. The summed E-state index contributed by atoms with van der Waals surface area (Å²) in [6.07, 6.45) is 1.76. The molecule has 0 aliphatic carbocycles. The van der Waals surface area contributed by atoms with Crippen LogP contribution in [-0.4, -0.2) is 15.5 Å². The Balaban J connectivity index is 1.64. The summed E-state index contributed by atoms with van der Waals surface area (Å²) < 4.78 is 3.89. The van der Waals surface area contributed by atoms with Gasteiger partial charge >= 0.3 is 0 Å². The van der Waals surface area contributed by atoms with E-state index < -0.39 is 0 Å². The normalized spacial score (nSPS) is 13.2. The molecule has 6 heteroatoms. The van der Waals surface area contributed by atoms with Gasteiger partial charge in [0.05, 0.1) is 5.69 Å². The number of nitrogens with one attached hydrogen (secondary N) is 2. The fourth-order valence-electron chi connectivity index (χ4n) is 2.50. The first-order valence-electron chi connectivity index (χ1n) is 7.18. The van der Waals surface area contributed by atoms with Crippen molar-refractivity contribution in [3.8, 4) is 0 Å². The number of aryl methyl sites for hydroxylation is 1. The van der Waals surface area contributed by atoms with Crippen molar-refractivity contribution in [1.82, 2.24) is 20.2 Å². The van der Waals surface area contributed by atoms with Crippen LogP contribution in [0.1, 0.15) is 45.4 Å². The molecular weight excluding hydrogens is 284 g/mol. The molecular formula is C15H18N4OS. The Hall–Kier alpha value is -1.79. The van der Waals surface area contributed by atoms with Crippen LogP contribution in [-0.2, 0) is 26.1 Å². The standard InChI is InChI=1S/C15H18N4OS/c1-2-3-13-14(21-19-18-13)15(20)17-7-10-4-5-11-8-16-9-12(11)6-10/h4-6,16H,2-3,7-9H2,1H3,(H,17,20). The Kier molecular flexibility index (Phi) is 4.26. The Morgan fingerprint density at radius 2 is 2.24 bits per heavy atom. The quantitative estimate of drug-likeness (QED) is 0.887. The van der Waals surface area contributed by atoms with Gasteiger partial charge in [-0.2, -0.15) is 0 Å². The van der Waals surface area contributed by atoms with Crippen LogP contribution >= 0.6 is 11.5 Å². The lowest BCUT2D eigenvalue weighted by Gasteiger charge is -2.06. The van der Waals surface area contributed by atoms with Gasteiger partial charge in [-0.25, -0.2) is 0 Å². The Bertz CT molecular complexity index is 653. The molecule has 1 aliphatic rings. The third-order valence-electron chi connectivity index (χ3n) is 3.60. The zero-order valence-electron chi connectivity index (χ0n) is 12.0. The van der Waals surface area contributed by atoms with Crippen LogP contribution in [0.25, 0.3) is 0 Å². The molecule has 0 radical (unpaired) electrons. The van der Waals surface area contributed by atoms with E-state index in [4.69, 9.17) is 0 Å². The number of nitrogens with zero attached hydrogens (tertiary/aromatic N) is 2. The molecule has 0 bridgehead atoms. The minimum absolute atomic E-state index is 0.0768. The first-order chi connectivity index (χ1) is 10.3. The predicted octanol–water partition coefficient (Wildman–Crippen LogP) is 2.02. The second kappa shape index (κ2) is 6.32. The smallest absolute Gasteiger partial charge is 0.265 e. The molecule has 0 unspecified atom stereocenters. The van der Waals surface area contributed by atoms with Crippen LogP contribution in [0.3, 0.4) is 0 Å². The largest absolute Gasteiger partial charge is 0.347 e. The van der Waals surface area contributed by atoms with E-state index in [0.29, 0.717) is 11.4 Å². The molecule has 5 nitrogen and oxygen atoms in total. The Labute approximate surface area is 127 Å². The van der Waals surface area contributed by atoms with Gasteiger partial charge in [0, 0.05) is 19.6 Å². The number of hydrogen-bond donors (Lipinski definition) is 2. The first-order valence-corrected chi connectivity index (χ1v) is 7.96. The fraction of sp³-hybridized carbons (Fsp3) is 0.400. The topological polar surface area (TPSA) is 66.9 Å². The number of benzene rings is 1. The number of fused-ring (bicyclic) bond motifs is 1. The first kappa shape index (κ1) is 14.2. The van der Waals surface area contributed by atoms with E-state index in [0.717, 1.165) is 37.2 Å². The molecule has 21 heavy (non-hydrogen) atoms. The molecule has 0 fully saturated rings. The lowest BCUT2D eigenvalue weighted by molar-refractivity contribution is 0.0954. The molecule has 1 aliphatic heterocycles. The molecule has 1 aromatic heterocycles. The molecule has 2 heterocycles. The van der Waals surface area contributed by atoms with Gasteiger partial charge in [-0.3, -0.25) is 4.79 Å². The van der Waals surface area contributed by atoms with Crippen molar-refractivity contribution in [1.29, 1.82) is 0 Å². The zero-order valence-corrected chi connectivity index (χ0v) is 12.8. The third-order valence-corrected chi connectivity index (χ3v) is 4.37. The summed E-state index contributed by atoms with van der Waals surface area (Å²) in [7, 11) is 0. The summed E-state index contributed by atoms with van der Waals surface area (Å²) in [5, 5.41) is 10.3. The van der Waals surface area contributed by atoms with Crippen LogP contribution in [0, 0.1) is 0 Å². The molecule has 0 saturated heterocycles. The highest BCUT2D eigenvalue weighted by molar-refractivity contribution is 7.08. The maximum atomic E-state index is 12.2. The number of amides is 1. The highest BCUT2D eigenvalue weighted by Crippen LogP contribution is 2.17. The van der Waals surface area contributed by atoms with Gasteiger partial charge in [-0.1, -0.05) is 36.0 Å². The number of carbonyl (C=O) groups excluding carboxylic acids is 1. The SMILES string of the molecule is CCCc1nnsc1C(=O)NCc1ccc2c(c1)CNC2. The van der Waals surface area contributed by atoms with Crippen molar-refractivity contribution in [2.24, 2.45) is 0 Å². The predicted molar refractivity (Wildman–Crippen MR) is 82.1 cm³/mol. The van der Waals surface area contributed by atoms with Crippen molar-refractivity contribution < 1.29 is 4.79 Å². The number of hydrogen-bond acceptors (Lipinski definition) is 5. The van der Waals surface area contributed by atoms with E-state index in [2.05, 4.69) is 45.3 Å². The summed E-state index contributed by atoms with van der Waals surface area (Å²) in [5.41, 5.74) is 4.60. The highest BCUT2D eigenvalue weighted by Gasteiger charge is 2.16. The average Bonchev–Trinajstić information content (AvgIpc) is 3.13. The molecule has 110 valence electrons. The van der Waals surface area contributed by atoms with E-state index in [-0.39, 0.29) is 5.91 Å². The number of aromatic nitrogens is 2. The minimum atomic E-state index is -0.0768. The van der Waals surface area contributed by atoms with Crippen molar-refractivity contribution >= 4 is 17.4 Å². The van der Waals surface area contributed by atoms with Crippen molar-refractivity contribution in [2.45, 2.75) is 39.4 Å². The number of carbonyl (C=O) groups is 1. The average molecular weight is 302 g/mol. The van der Waals surface area contributed by atoms with E-state index in [1.807, 2.05) is 0 Å². The minimum Gasteiger partial charge on any atom is -0.347 e. The second-order valence-electron chi connectivity index (χ2n) is 5.19. The van der Waals surface area contributed by atoms with Gasteiger partial charge in [0.2, 0.25) is 0 Å². The molecule has 1 aromatic carbocycles. The third kappa shape index (κ3) is 3.11. The fourth-order valence-corrected chi connectivity index (χ4v) is 3.13. The van der Waals surface area contributed by atoms with Crippen LogP contribution in [0.15, 0.2) is 18.2 Å². The molecule has 0 saturated carbocycles. The molecule has 0 atom stereocenters. The Morgan fingerprint density at radius 3 is 3.10 bits per heavy atom. The maximum absolute atomic E-state index is 12.2. The summed E-state index contributed by atoms with van der Waals surface area (Å²) >= 11 is 1.17. The molecule has 3 rings (SSSR count). The van der Waals surface area contributed by atoms with Gasteiger partial charge in [0.1, 0.15) is 4.88 Å². The summed E-state index contributed by atoms with van der Waals surface area (Å²) in [6, 6.07) is 6.37. The van der Waals surface area contributed by atoms with Crippen molar-refractivity contribution in [3.63, 3.8) is 0 Å². The highest BCUT2D eigenvalue weighted by atomic mass is 32.1. The summed E-state index contributed by atoms with van der Waals surface area (Å²) in [5.74, 6) is -0.0768. The molecule has 2 aromatic rings. The maximum Gasteiger partial charge on any atom is 0.265 e. The summed E-state index contributed by atoms with van der Waals surface area (Å²) in [4.78, 5) is 12.9. The number of rotatable bonds is 5.